The van der Waals surface area contributed by atoms with Crippen molar-refractivity contribution in [1.29, 1.82) is 0 Å². The number of aromatic nitrogens is 1. The van der Waals surface area contributed by atoms with Gasteiger partial charge in [-0.15, -0.1) is 0 Å². The third-order valence-corrected chi connectivity index (χ3v) is 5.27. The van der Waals surface area contributed by atoms with E-state index in [-0.39, 0.29) is 23.4 Å². The molecule has 1 aromatic rings. The molecular formula is C15H25N3O3S. The maximum Gasteiger partial charge on any atom is 0.307 e. The number of carbonyl (C=O) groups excluding carboxylic acids is 1. The summed E-state index contributed by atoms with van der Waals surface area (Å²) in [5, 5.41) is 11.2. The fourth-order valence-corrected chi connectivity index (χ4v) is 3.64. The summed E-state index contributed by atoms with van der Waals surface area (Å²) >= 11 is 1.18. The van der Waals surface area contributed by atoms with Crippen molar-refractivity contribution in [2.24, 2.45) is 0 Å². The molecule has 1 N–H and O–H groups in total. The first-order valence-corrected chi connectivity index (χ1v) is 8.72. The SMILES string of the molecule is CCC(CO)N1CCN(C(=O)CCn2c(C)csc2=O)CC1. The molecule has 0 saturated carbocycles. The zero-order chi connectivity index (χ0) is 16.1. The van der Waals surface area contributed by atoms with E-state index < -0.39 is 0 Å². The second kappa shape index (κ2) is 7.89. The van der Waals surface area contributed by atoms with Crippen molar-refractivity contribution in [3.8, 4) is 0 Å². The van der Waals surface area contributed by atoms with E-state index in [9.17, 15) is 14.7 Å². The van der Waals surface area contributed by atoms with Gasteiger partial charge >= 0.3 is 4.87 Å². The van der Waals surface area contributed by atoms with Gasteiger partial charge in [0.25, 0.3) is 0 Å². The minimum absolute atomic E-state index is 0.00357. The molecule has 0 bridgehead atoms. The minimum Gasteiger partial charge on any atom is -0.395 e. The fourth-order valence-electron chi connectivity index (χ4n) is 2.88. The first-order valence-electron chi connectivity index (χ1n) is 7.84. The lowest BCUT2D eigenvalue weighted by atomic mass is 10.1. The van der Waals surface area contributed by atoms with Crippen LogP contribution in [0.25, 0.3) is 0 Å². The zero-order valence-electron chi connectivity index (χ0n) is 13.3. The summed E-state index contributed by atoms with van der Waals surface area (Å²) < 4.78 is 1.66. The molecule has 124 valence electrons. The van der Waals surface area contributed by atoms with Crippen molar-refractivity contribution in [1.82, 2.24) is 14.4 Å². The van der Waals surface area contributed by atoms with E-state index in [4.69, 9.17) is 0 Å². The number of hydrogen-bond acceptors (Lipinski definition) is 5. The standard InChI is InChI=1S/C15H25N3O3S/c1-3-13(10-19)16-6-8-17(9-7-16)14(20)4-5-18-12(2)11-22-15(18)21/h11,13,19H,3-10H2,1-2H3. The third-order valence-electron chi connectivity index (χ3n) is 4.39. The summed E-state index contributed by atoms with van der Waals surface area (Å²) in [6, 6.07) is 0.198. The number of rotatable bonds is 6. The molecule has 1 aliphatic rings. The quantitative estimate of drug-likeness (QED) is 0.827. The van der Waals surface area contributed by atoms with Crippen LogP contribution in [0.5, 0.6) is 0 Å². The molecule has 0 radical (unpaired) electrons. The number of aliphatic hydroxyl groups is 1. The summed E-state index contributed by atoms with van der Waals surface area (Å²) in [6.07, 6.45) is 1.29. The lowest BCUT2D eigenvalue weighted by Crippen LogP contribution is -2.52. The largest absolute Gasteiger partial charge is 0.395 e. The average Bonchev–Trinajstić information content (AvgIpc) is 2.85. The van der Waals surface area contributed by atoms with E-state index in [1.165, 1.54) is 11.3 Å². The summed E-state index contributed by atoms with van der Waals surface area (Å²) in [4.78, 5) is 28.0. The molecule has 2 rings (SSSR count). The maximum atomic E-state index is 12.3. The second-order valence-electron chi connectivity index (χ2n) is 5.71. The Labute approximate surface area is 135 Å². The van der Waals surface area contributed by atoms with Gasteiger partial charge in [-0.3, -0.25) is 14.5 Å². The molecule has 0 aromatic carbocycles. The van der Waals surface area contributed by atoms with Gasteiger partial charge in [0.1, 0.15) is 0 Å². The fraction of sp³-hybridized carbons (Fsp3) is 0.733. The van der Waals surface area contributed by atoms with E-state index in [1.54, 1.807) is 4.57 Å². The van der Waals surface area contributed by atoms with Crippen LogP contribution in [0, 0.1) is 6.92 Å². The van der Waals surface area contributed by atoms with E-state index in [0.717, 1.165) is 25.2 Å². The highest BCUT2D eigenvalue weighted by Gasteiger charge is 2.24. The Morgan fingerprint density at radius 3 is 2.55 bits per heavy atom. The predicted octanol–water partition coefficient (Wildman–Crippen LogP) is 0.523. The van der Waals surface area contributed by atoms with Crippen LogP contribution in [0.1, 0.15) is 25.5 Å². The number of amides is 1. The molecule has 1 saturated heterocycles. The zero-order valence-corrected chi connectivity index (χ0v) is 14.1. The van der Waals surface area contributed by atoms with Crippen LogP contribution in [0.15, 0.2) is 10.2 Å². The van der Waals surface area contributed by atoms with Crippen LogP contribution in [0.4, 0.5) is 0 Å². The van der Waals surface area contributed by atoms with Gasteiger partial charge in [-0.2, -0.15) is 0 Å². The summed E-state index contributed by atoms with van der Waals surface area (Å²) in [5.74, 6) is 0.106. The number of aliphatic hydroxyl groups excluding tert-OH is 1. The number of nitrogens with zero attached hydrogens (tertiary/aromatic N) is 3. The molecule has 1 aromatic heterocycles. The molecule has 0 spiro atoms. The van der Waals surface area contributed by atoms with Crippen LogP contribution < -0.4 is 4.87 Å². The van der Waals surface area contributed by atoms with Gasteiger partial charge in [0.05, 0.1) is 6.61 Å². The van der Waals surface area contributed by atoms with Gasteiger partial charge in [0.2, 0.25) is 5.91 Å². The van der Waals surface area contributed by atoms with Gasteiger partial charge in [0, 0.05) is 56.3 Å². The van der Waals surface area contributed by atoms with Crippen molar-refractivity contribution in [3.63, 3.8) is 0 Å². The van der Waals surface area contributed by atoms with Crippen molar-refractivity contribution in [3.05, 3.63) is 20.7 Å². The van der Waals surface area contributed by atoms with Gasteiger partial charge in [-0.1, -0.05) is 18.3 Å². The molecule has 1 fully saturated rings. The molecule has 22 heavy (non-hydrogen) atoms. The van der Waals surface area contributed by atoms with Crippen LogP contribution in [0.2, 0.25) is 0 Å². The van der Waals surface area contributed by atoms with Crippen molar-refractivity contribution in [2.45, 2.75) is 39.3 Å². The number of piperazine rings is 1. The number of hydrogen-bond donors (Lipinski definition) is 1. The Hall–Kier alpha value is -1.18. The molecule has 1 atom stereocenters. The Bertz CT molecular complexity index is 542. The highest BCUT2D eigenvalue weighted by Crippen LogP contribution is 2.10. The monoisotopic (exact) mass is 327 g/mol. The van der Waals surface area contributed by atoms with Gasteiger partial charge < -0.3 is 14.6 Å². The summed E-state index contributed by atoms with van der Waals surface area (Å²) in [5.41, 5.74) is 0.918. The topological polar surface area (TPSA) is 65.8 Å². The van der Waals surface area contributed by atoms with Gasteiger partial charge in [0.15, 0.2) is 0 Å². The minimum atomic E-state index is 0.00357. The first-order chi connectivity index (χ1) is 10.6. The highest BCUT2D eigenvalue weighted by molar-refractivity contribution is 7.07. The number of thiazole rings is 1. The molecule has 6 nitrogen and oxygen atoms in total. The van der Waals surface area contributed by atoms with E-state index in [0.29, 0.717) is 26.1 Å². The Morgan fingerprint density at radius 2 is 2.05 bits per heavy atom. The maximum absolute atomic E-state index is 12.3. The van der Waals surface area contributed by atoms with Crippen LogP contribution in [0.3, 0.4) is 0 Å². The van der Waals surface area contributed by atoms with Crippen molar-refractivity contribution in [2.75, 3.05) is 32.8 Å². The number of carbonyl (C=O) groups is 1. The molecular weight excluding hydrogens is 302 g/mol. The molecule has 1 amide bonds. The highest BCUT2D eigenvalue weighted by atomic mass is 32.1. The third kappa shape index (κ3) is 3.97. The number of aryl methyl sites for hydroxylation is 1. The van der Waals surface area contributed by atoms with E-state index in [1.807, 2.05) is 17.2 Å². The molecule has 7 heteroatoms. The Balaban J connectivity index is 1.81. The average molecular weight is 327 g/mol. The normalized spacial score (nSPS) is 17.7. The molecule has 1 unspecified atom stereocenters. The summed E-state index contributed by atoms with van der Waals surface area (Å²) in [7, 11) is 0. The Kier molecular flexibility index (Phi) is 6.16. The lowest BCUT2D eigenvalue weighted by molar-refractivity contribution is -0.133. The van der Waals surface area contributed by atoms with Gasteiger partial charge in [-0.25, -0.2) is 0 Å². The van der Waals surface area contributed by atoms with Crippen LogP contribution in [-0.4, -0.2) is 64.2 Å². The first kappa shape index (κ1) is 17.2. The van der Waals surface area contributed by atoms with Crippen LogP contribution in [-0.2, 0) is 11.3 Å². The molecule has 2 heterocycles. The smallest absolute Gasteiger partial charge is 0.307 e. The van der Waals surface area contributed by atoms with E-state index in [2.05, 4.69) is 11.8 Å². The van der Waals surface area contributed by atoms with Gasteiger partial charge in [-0.05, 0) is 13.3 Å². The second-order valence-corrected chi connectivity index (χ2v) is 6.53. The molecule has 0 aliphatic carbocycles. The lowest BCUT2D eigenvalue weighted by Gasteiger charge is -2.38. The summed E-state index contributed by atoms with van der Waals surface area (Å²) in [6.45, 7) is 7.61. The van der Waals surface area contributed by atoms with Crippen LogP contribution >= 0.6 is 11.3 Å². The van der Waals surface area contributed by atoms with Crippen molar-refractivity contribution >= 4 is 17.2 Å². The molecule has 1 aliphatic heterocycles. The predicted molar refractivity (Wildman–Crippen MR) is 87.3 cm³/mol. The Morgan fingerprint density at radius 1 is 1.36 bits per heavy atom. The van der Waals surface area contributed by atoms with E-state index >= 15 is 0 Å². The van der Waals surface area contributed by atoms with Crippen molar-refractivity contribution < 1.29 is 9.90 Å².